The molecule has 1 rings (SSSR count). The third kappa shape index (κ3) is 0.923. The second kappa shape index (κ2) is 1.22. The Kier molecular flexibility index (Phi) is 0.810. The highest BCUT2D eigenvalue weighted by Crippen LogP contribution is 2.35. The number of aliphatic hydroxyl groups is 1. The molecule has 1 fully saturated rings. The van der Waals surface area contributed by atoms with Gasteiger partial charge in [-0.15, -0.1) is 5.73 Å². The van der Waals surface area contributed by atoms with Crippen molar-refractivity contribution in [3.63, 3.8) is 0 Å². The molecule has 0 aromatic heterocycles. The van der Waals surface area contributed by atoms with Crippen molar-refractivity contribution in [2.45, 2.75) is 18.4 Å². The maximum Gasteiger partial charge on any atom is 0.0903 e. The molecular formula is C6H8O. The van der Waals surface area contributed by atoms with Crippen LogP contribution in [0.25, 0.3) is 0 Å². The molecule has 1 aliphatic carbocycles. The molecule has 1 heteroatoms. The van der Waals surface area contributed by atoms with E-state index in [9.17, 15) is 0 Å². The van der Waals surface area contributed by atoms with E-state index in [0.29, 0.717) is 0 Å². The lowest BCUT2D eigenvalue weighted by molar-refractivity contribution is 0.202. The molecule has 0 spiro atoms. The van der Waals surface area contributed by atoms with Crippen molar-refractivity contribution in [3.8, 4) is 0 Å². The Labute approximate surface area is 43.0 Å². The molecule has 0 aromatic rings. The van der Waals surface area contributed by atoms with Crippen LogP contribution in [0.1, 0.15) is 12.8 Å². The lowest BCUT2D eigenvalue weighted by atomic mass is 10.3. The SMILES string of the molecule is C=C=CC1(O)CC1. The van der Waals surface area contributed by atoms with Crippen molar-refractivity contribution in [2.75, 3.05) is 0 Å². The molecule has 0 unspecified atom stereocenters. The predicted octanol–water partition coefficient (Wildman–Crippen LogP) is 0.852. The normalized spacial score (nSPS) is 23.0. The summed E-state index contributed by atoms with van der Waals surface area (Å²) in [7, 11) is 0. The van der Waals surface area contributed by atoms with Gasteiger partial charge < -0.3 is 5.11 Å². The first kappa shape index (κ1) is 4.63. The average Bonchev–Trinajstić information content (AvgIpc) is 2.22. The second-order valence-corrected chi connectivity index (χ2v) is 1.95. The van der Waals surface area contributed by atoms with Gasteiger partial charge in [0.05, 0.1) is 5.60 Å². The first-order valence-electron chi connectivity index (χ1n) is 2.36. The first-order valence-corrected chi connectivity index (χ1v) is 2.36. The van der Waals surface area contributed by atoms with Crippen LogP contribution in [0.3, 0.4) is 0 Å². The van der Waals surface area contributed by atoms with Gasteiger partial charge in [-0.05, 0) is 18.9 Å². The van der Waals surface area contributed by atoms with E-state index in [2.05, 4.69) is 12.3 Å². The molecule has 0 bridgehead atoms. The van der Waals surface area contributed by atoms with Gasteiger partial charge in [0.15, 0.2) is 0 Å². The summed E-state index contributed by atoms with van der Waals surface area (Å²) < 4.78 is 0. The molecule has 0 radical (unpaired) electrons. The minimum Gasteiger partial charge on any atom is -0.385 e. The van der Waals surface area contributed by atoms with Gasteiger partial charge in [0.1, 0.15) is 0 Å². The number of hydrogen-bond acceptors (Lipinski definition) is 1. The maximum atomic E-state index is 8.97. The van der Waals surface area contributed by atoms with Crippen LogP contribution in [-0.4, -0.2) is 10.7 Å². The monoisotopic (exact) mass is 96.1 g/mol. The van der Waals surface area contributed by atoms with Crippen molar-refractivity contribution in [2.24, 2.45) is 0 Å². The van der Waals surface area contributed by atoms with Gasteiger partial charge in [0.25, 0.3) is 0 Å². The van der Waals surface area contributed by atoms with Crippen molar-refractivity contribution < 1.29 is 5.11 Å². The Hall–Kier alpha value is -0.520. The van der Waals surface area contributed by atoms with E-state index in [4.69, 9.17) is 5.11 Å². The average molecular weight is 96.1 g/mol. The summed E-state index contributed by atoms with van der Waals surface area (Å²) in [6.45, 7) is 3.35. The van der Waals surface area contributed by atoms with E-state index in [-0.39, 0.29) is 0 Å². The first-order chi connectivity index (χ1) is 3.27. The van der Waals surface area contributed by atoms with Gasteiger partial charge in [-0.3, -0.25) is 0 Å². The van der Waals surface area contributed by atoms with E-state index in [0.717, 1.165) is 12.8 Å². The summed E-state index contributed by atoms with van der Waals surface area (Å²) in [4.78, 5) is 0. The summed E-state index contributed by atoms with van der Waals surface area (Å²) in [5, 5.41) is 8.97. The highest BCUT2D eigenvalue weighted by Gasteiger charge is 2.37. The van der Waals surface area contributed by atoms with E-state index in [1.807, 2.05) is 0 Å². The minimum absolute atomic E-state index is 0.498. The lowest BCUT2D eigenvalue weighted by Crippen LogP contribution is -1.97. The Balaban J connectivity index is 2.55. The van der Waals surface area contributed by atoms with Crippen LogP contribution in [0.2, 0.25) is 0 Å². The Bertz CT molecular complexity index is 116. The highest BCUT2D eigenvalue weighted by atomic mass is 16.3. The van der Waals surface area contributed by atoms with Crippen LogP contribution in [0, 0.1) is 0 Å². The third-order valence-electron chi connectivity index (χ3n) is 1.13. The Morgan fingerprint density at radius 2 is 2.29 bits per heavy atom. The van der Waals surface area contributed by atoms with Crippen LogP contribution >= 0.6 is 0 Å². The van der Waals surface area contributed by atoms with E-state index >= 15 is 0 Å². The summed E-state index contributed by atoms with van der Waals surface area (Å²) in [5.41, 5.74) is 2.05. The summed E-state index contributed by atoms with van der Waals surface area (Å²) in [6, 6.07) is 0. The van der Waals surface area contributed by atoms with E-state index in [1.165, 1.54) is 0 Å². The van der Waals surface area contributed by atoms with E-state index in [1.54, 1.807) is 6.08 Å². The molecule has 0 heterocycles. The van der Waals surface area contributed by atoms with Gasteiger partial charge in [0.2, 0.25) is 0 Å². The molecule has 0 aliphatic heterocycles. The summed E-state index contributed by atoms with van der Waals surface area (Å²) in [6.07, 6.45) is 3.39. The molecule has 1 N–H and O–H groups in total. The molecule has 1 aliphatic rings. The van der Waals surface area contributed by atoms with Gasteiger partial charge >= 0.3 is 0 Å². The summed E-state index contributed by atoms with van der Waals surface area (Å²) in [5.74, 6) is 0. The summed E-state index contributed by atoms with van der Waals surface area (Å²) >= 11 is 0. The van der Waals surface area contributed by atoms with Crippen LogP contribution in [0.4, 0.5) is 0 Å². The molecular weight excluding hydrogens is 88.1 g/mol. The van der Waals surface area contributed by atoms with Crippen LogP contribution in [0.15, 0.2) is 18.4 Å². The fraction of sp³-hybridized carbons (Fsp3) is 0.500. The zero-order valence-electron chi connectivity index (χ0n) is 4.15. The molecule has 1 saturated carbocycles. The standard InChI is InChI=1S/C6H8O/c1-2-3-6(7)4-5-6/h3,7H,1,4-5H2. The fourth-order valence-electron chi connectivity index (χ4n) is 0.462. The fourth-order valence-corrected chi connectivity index (χ4v) is 0.462. The van der Waals surface area contributed by atoms with Crippen LogP contribution < -0.4 is 0 Å². The van der Waals surface area contributed by atoms with Crippen LogP contribution in [-0.2, 0) is 0 Å². The van der Waals surface area contributed by atoms with Crippen LogP contribution in [0.5, 0.6) is 0 Å². The molecule has 0 saturated heterocycles. The second-order valence-electron chi connectivity index (χ2n) is 1.95. The topological polar surface area (TPSA) is 20.2 Å². The molecule has 7 heavy (non-hydrogen) atoms. The molecule has 0 amide bonds. The zero-order chi connectivity index (χ0) is 5.33. The molecule has 0 atom stereocenters. The zero-order valence-corrected chi connectivity index (χ0v) is 4.15. The van der Waals surface area contributed by atoms with Gasteiger partial charge in [-0.2, -0.15) is 0 Å². The highest BCUT2D eigenvalue weighted by molar-refractivity contribution is 5.09. The quantitative estimate of drug-likeness (QED) is 0.480. The van der Waals surface area contributed by atoms with Crippen molar-refractivity contribution >= 4 is 0 Å². The smallest absolute Gasteiger partial charge is 0.0903 e. The number of rotatable bonds is 1. The molecule has 1 nitrogen and oxygen atoms in total. The predicted molar refractivity (Wildman–Crippen MR) is 27.9 cm³/mol. The largest absolute Gasteiger partial charge is 0.385 e. The number of hydrogen-bond donors (Lipinski definition) is 1. The molecule has 38 valence electrons. The maximum absolute atomic E-state index is 8.97. The van der Waals surface area contributed by atoms with Gasteiger partial charge in [-0.1, -0.05) is 6.58 Å². The molecule has 0 aromatic carbocycles. The minimum atomic E-state index is -0.498. The van der Waals surface area contributed by atoms with Gasteiger partial charge in [-0.25, -0.2) is 0 Å². The Morgan fingerprint density at radius 3 is 2.43 bits per heavy atom. The lowest BCUT2D eigenvalue weighted by Gasteiger charge is -1.90. The van der Waals surface area contributed by atoms with E-state index < -0.39 is 5.60 Å². The van der Waals surface area contributed by atoms with Crippen molar-refractivity contribution in [1.29, 1.82) is 0 Å². The van der Waals surface area contributed by atoms with Crippen molar-refractivity contribution in [1.82, 2.24) is 0 Å². The van der Waals surface area contributed by atoms with Gasteiger partial charge in [0, 0.05) is 0 Å². The Morgan fingerprint density at radius 1 is 1.71 bits per heavy atom. The third-order valence-corrected chi connectivity index (χ3v) is 1.13. The van der Waals surface area contributed by atoms with Crippen molar-refractivity contribution in [3.05, 3.63) is 18.4 Å².